The third kappa shape index (κ3) is 5.59. The van der Waals surface area contributed by atoms with Crippen LogP contribution in [-0.4, -0.2) is 30.1 Å². The highest BCUT2D eigenvalue weighted by Gasteiger charge is 2.26. The van der Waals surface area contributed by atoms with Crippen LogP contribution in [-0.2, 0) is 14.3 Å². The van der Waals surface area contributed by atoms with E-state index < -0.39 is 6.10 Å². The predicted molar refractivity (Wildman–Crippen MR) is 101 cm³/mol. The zero-order valence-electron chi connectivity index (χ0n) is 16.1. The fourth-order valence-corrected chi connectivity index (χ4v) is 2.50. The number of hydrogen-bond acceptors (Lipinski definition) is 4. The van der Waals surface area contributed by atoms with E-state index in [0.717, 1.165) is 5.56 Å². The van der Waals surface area contributed by atoms with Crippen LogP contribution in [0, 0.1) is 0 Å². The maximum Gasteiger partial charge on any atom is 0.265 e. The highest BCUT2D eigenvalue weighted by Crippen LogP contribution is 2.32. The molecule has 0 spiro atoms. The Balaban J connectivity index is 1.95. The lowest BCUT2D eigenvalue weighted by molar-refractivity contribution is -0.123. The van der Waals surface area contributed by atoms with Crippen LogP contribution >= 0.6 is 0 Å². The first-order valence-electron chi connectivity index (χ1n) is 8.92. The molecule has 2 amide bonds. The van der Waals surface area contributed by atoms with E-state index in [0.29, 0.717) is 24.5 Å². The van der Waals surface area contributed by atoms with Crippen molar-refractivity contribution < 1.29 is 19.1 Å². The van der Waals surface area contributed by atoms with Crippen molar-refractivity contribution in [3.8, 4) is 5.75 Å². The zero-order valence-corrected chi connectivity index (χ0v) is 16.1. The van der Waals surface area contributed by atoms with E-state index in [-0.39, 0.29) is 23.5 Å². The monoisotopic (exact) mass is 360 g/mol. The summed E-state index contributed by atoms with van der Waals surface area (Å²) >= 11 is 0. The molecule has 1 aliphatic heterocycles. The second kappa shape index (κ2) is 8.36. The number of amides is 2. The molecule has 1 aliphatic rings. The van der Waals surface area contributed by atoms with Crippen LogP contribution < -0.4 is 15.4 Å². The molecule has 0 radical (unpaired) electrons. The summed E-state index contributed by atoms with van der Waals surface area (Å²) in [4.78, 5) is 23.9. The summed E-state index contributed by atoms with van der Waals surface area (Å²) in [6.07, 6.45) is 3.30. The van der Waals surface area contributed by atoms with E-state index in [4.69, 9.17) is 9.47 Å². The molecule has 2 N–H and O–H groups in total. The highest BCUT2D eigenvalue weighted by molar-refractivity contribution is 5.97. The second-order valence-electron chi connectivity index (χ2n) is 7.32. The Hall–Kier alpha value is -2.34. The fourth-order valence-electron chi connectivity index (χ4n) is 2.50. The molecule has 0 aromatic heterocycles. The molecule has 0 bridgehead atoms. The van der Waals surface area contributed by atoms with Gasteiger partial charge in [0.25, 0.3) is 5.91 Å². The third-order valence-electron chi connectivity index (χ3n) is 3.94. The molecule has 142 valence electrons. The molecular weight excluding hydrogens is 332 g/mol. The quantitative estimate of drug-likeness (QED) is 0.763. The summed E-state index contributed by atoms with van der Waals surface area (Å²) in [6.45, 7) is 10.1. The Morgan fingerprint density at radius 3 is 2.81 bits per heavy atom. The summed E-state index contributed by atoms with van der Waals surface area (Å²) in [6, 6.07) is 5.33. The van der Waals surface area contributed by atoms with Crippen LogP contribution in [0.3, 0.4) is 0 Å². The molecule has 6 nitrogen and oxygen atoms in total. The molecule has 1 aromatic rings. The number of ether oxygens (including phenoxy) is 2. The van der Waals surface area contributed by atoms with E-state index in [1.807, 2.05) is 46.8 Å². The van der Waals surface area contributed by atoms with Crippen molar-refractivity contribution in [1.29, 1.82) is 0 Å². The normalized spacial score (nSPS) is 18.0. The fraction of sp³-hybridized carbons (Fsp3) is 0.500. The van der Waals surface area contributed by atoms with E-state index >= 15 is 0 Å². The van der Waals surface area contributed by atoms with Crippen LogP contribution in [0.4, 0.5) is 5.69 Å². The maximum atomic E-state index is 12.0. The van der Waals surface area contributed by atoms with E-state index in [9.17, 15) is 9.59 Å². The zero-order chi connectivity index (χ0) is 19.3. The second-order valence-corrected chi connectivity index (χ2v) is 7.32. The predicted octanol–water partition coefficient (Wildman–Crippen LogP) is 3.34. The Kier molecular flexibility index (Phi) is 6.42. The van der Waals surface area contributed by atoms with Gasteiger partial charge in [-0.3, -0.25) is 9.59 Å². The molecule has 2 atom stereocenters. The van der Waals surface area contributed by atoms with Gasteiger partial charge in [0, 0.05) is 6.08 Å². The first-order valence-corrected chi connectivity index (χ1v) is 8.92. The highest BCUT2D eigenvalue weighted by atomic mass is 16.5. The lowest BCUT2D eigenvalue weighted by Gasteiger charge is -2.26. The smallest absolute Gasteiger partial charge is 0.265 e. The SMILES string of the molecule is CCC1Oc2cc(C(C)NC(=O)/C=C/COC(C)(C)C)ccc2NC1=O. The third-order valence-corrected chi connectivity index (χ3v) is 3.94. The minimum Gasteiger partial charge on any atom is -0.478 e. The van der Waals surface area contributed by atoms with Gasteiger partial charge in [0.15, 0.2) is 6.10 Å². The molecule has 0 saturated carbocycles. The van der Waals surface area contributed by atoms with Crippen molar-refractivity contribution >= 4 is 17.5 Å². The number of carbonyl (C=O) groups excluding carboxylic acids is 2. The summed E-state index contributed by atoms with van der Waals surface area (Å²) in [7, 11) is 0. The molecule has 26 heavy (non-hydrogen) atoms. The van der Waals surface area contributed by atoms with Crippen molar-refractivity contribution in [3.05, 3.63) is 35.9 Å². The van der Waals surface area contributed by atoms with Gasteiger partial charge in [-0.1, -0.05) is 19.1 Å². The number of nitrogens with one attached hydrogen (secondary N) is 2. The largest absolute Gasteiger partial charge is 0.478 e. The molecular formula is C20H28N2O4. The number of fused-ring (bicyclic) bond motifs is 1. The Labute approximate surface area is 154 Å². The Bertz CT molecular complexity index is 692. The van der Waals surface area contributed by atoms with Crippen LogP contribution in [0.1, 0.15) is 52.6 Å². The van der Waals surface area contributed by atoms with Gasteiger partial charge >= 0.3 is 0 Å². The van der Waals surface area contributed by atoms with Crippen LogP contribution in [0.25, 0.3) is 0 Å². The number of anilines is 1. The van der Waals surface area contributed by atoms with Gasteiger partial charge in [-0.15, -0.1) is 0 Å². The molecule has 0 fully saturated rings. The van der Waals surface area contributed by atoms with Gasteiger partial charge in [0.2, 0.25) is 5.91 Å². The van der Waals surface area contributed by atoms with Crippen molar-refractivity contribution in [2.24, 2.45) is 0 Å². The summed E-state index contributed by atoms with van der Waals surface area (Å²) in [5.74, 6) is 0.314. The van der Waals surface area contributed by atoms with Crippen LogP contribution in [0.2, 0.25) is 0 Å². The first-order chi connectivity index (χ1) is 12.2. The van der Waals surface area contributed by atoms with Gasteiger partial charge in [0.05, 0.1) is 23.9 Å². The first kappa shape index (κ1) is 20.0. The van der Waals surface area contributed by atoms with Gasteiger partial charge in [-0.2, -0.15) is 0 Å². The number of rotatable bonds is 6. The molecule has 2 rings (SSSR count). The van der Waals surface area contributed by atoms with Crippen molar-refractivity contribution in [1.82, 2.24) is 5.32 Å². The van der Waals surface area contributed by atoms with Crippen molar-refractivity contribution in [2.45, 2.75) is 58.8 Å². The minimum atomic E-state index is -0.478. The molecule has 1 heterocycles. The molecule has 0 aliphatic carbocycles. The average Bonchev–Trinajstić information content (AvgIpc) is 2.56. The van der Waals surface area contributed by atoms with Crippen molar-refractivity contribution in [3.63, 3.8) is 0 Å². The number of benzene rings is 1. The standard InChI is InChI=1S/C20H28N2O4/c1-6-16-19(24)22-15-10-9-14(12-17(15)26-16)13(2)21-18(23)8-7-11-25-20(3,4)5/h7-10,12-13,16H,6,11H2,1-5H3,(H,21,23)(H,22,24)/b8-7+. The lowest BCUT2D eigenvalue weighted by Crippen LogP contribution is -2.36. The summed E-state index contributed by atoms with van der Waals surface area (Å²) in [5, 5.41) is 5.75. The molecule has 6 heteroatoms. The van der Waals surface area contributed by atoms with Gasteiger partial charge in [-0.05, 0) is 51.8 Å². The van der Waals surface area contributed by atoms with Crippen LogP contribution in [0.5, 0.6) is 5.75 Å². The Morgan fingerprint density at radius 1 is 1.42 bits per heavy atom. The van der Waals surface area contributed by atoms with E-state index in [1.165, 1.54) is 6.08 Å². The average molecular weight is 360 g/mol. The summed E-state index contributed by atoms with van der Waals surface area (Å²) < 4.78 is 11.3. The topological polar surface area (TPSA) is 76.7 Å². The van der Waals surface area contributed by atoms with E-state index in [2.05, 4.69) is 10.6 Å². The number of hydrogen-bond donors (Lipinski definition) is 2. The van der Waals surface area contributed by atoms with Crippen molar-refractivity contribution in [2.75, 3.05) is 11.9 Å². The molecule has 2 unspecified atom stereocenters. The van der Waals surface area contributed by atoms with E-state index in [1.54, 1.807) is 12.1 Å². The van der Waals surface area contributed by atoms with Gasteiger partial charge in [0.1, 0.15) is 5.75 Å². The lowest BCUT2D eigenvalue weighted by atomic mass is 10.1. The molecule has 0 saturated heterocycles. The summed E-state index contributed by atoms with van der Waals surface area (Å²) in [5.41, 5.74) is 1.33. The van der Waals surface area contributed by atoms with Gasteiger partial charge < -0.3 is 20.1 Å². The van der Waals surface area contributed by atoms with Crippen LogP contribution in [0.15, 0.2) is 30.4 Å². The minimum absolute atomic E-state index is 0.128. The Morgan fingerprint density at radius 2 is 2.15 bits per heavy atom. The maximum absolute atomic E-state index is 12.0. The molecule has 1 aromatic carbocycles. The van der Waals surface area contributed by atoms with Gasteiger partial charge in [-0.25, -0.2) is 0 Å². The number of carbonyl (C=O) groups is 2.